The molecule has 0 aromatic heterocycles. The zero-order valence-corrected chi connectivity index (χ0v) is 21.1. The van der Waals surface area contributed by atoms with E-state index < -0.39 is 6.10 Å². The number of carbonyl (C=O) groups is 1. The van der Waals surface area contributed by atoms with Crippen molar-refractivity contribution in [3.63, 3.8) is 0 Å². The van der Waals surface area contributed by atoms with Crippen molar-refractivity contribution in [1.29, 1.82) is 0 Å². The summed E-state index contributed by atoms with van der Waals surface area (Å²) in [7, 11) is 0. The van der Waals surface area contributed by atoms with E-state index in [2.05, 4.69) is 29.7 Å². The fraction of sp³-hybridized carbons (Fsp3) is 0.345. The van der Waals surface area contributed by atoms with Crippen molar-refractivity contribution >= 4 is 23.3 Å². The monoisotopic (exact) mass is 492 g/mol. The van der Waals surface area contributed by atoms with Crippen LogP contribution in [0.5, 0.6) is 11.5 Å². The largest absolute Gasteiger partial charge is 0.494 e. The number of allylic oxidation sites excluding steroid dienone is 3. The van der Waals surface area contributed by atoms with Gasteiger partial charge in [0.2, 0.25) is 0 Å². The zero-order chi connectivity index (χ0) is 24.5. The predicted molar refractivity (Wildman–Crippen MR) is 141 cm³/mol. The van der Waals surface area contributed by atoms with E-state index in [4.69, 9.17) is 18.9 Å². The van der Waals surface area contributed by atoms with Crippen LogP contribution in [0.25, 0.3) is 5.57 Å². The van der Waals surface area contributed by atoms with Gasteiger partial charge in [-0.05, 0) is 79.2 Å². The number of benzene rings is 2. The molecule has 6 heteroatoms. The van der Waals surface area contributed by atoms with Crippen LogP contribution in [0.4, 0.5) is 0 Å². The van der Waals surface area contributed by atoms with Crippen LogP contribution in [0.3, 0.4) is 0 Å². The minimum atomic E-state index is -0.581. The van der Waals surface area contributed by atoms with Gasteiger partial charge in [-0.15, -0.1) is 11.8 Å². The van der Waals surface area contributed by atoms with Gasteiger partial charge in [-0.1, -0.05) is 30.3 Å². The topological polar surface area (TPSA) is 54.0 Å². The molecule has 35 heavy (non-hydrogen) atoms. The Kier molecular flexibility index (Phi) is 9.09. The van der Waals surface area contributed by atoms with Crippen LogP contribution >= 0.6 is 11.8 Å². The van der Waals surface area contributed by atoms with E-state index in [1.54, 1.807) is 13.2 Å². The van der Waals surface area contributed by atoms with Crippen molar-refractivity contribution in [2.75, 3.05) is 19.8 Å². The summed E-state index contributed by atoms with van der Waals surface area (Å²) in [6.07, 6.45) is 7.83. The van der Waals surface area contributed by atoms with Gasteiger partial charge in [0.1, 0.15) is 11.5 Å². The van der Waals surface area contributed by atoms with Crippen molar-refractivity contribution in [1.82, 2.24) is 0 Å². The Morgan fingerprint density at radius 1 is 1.06 bits per heavy atom. The molecule has 0 spiro atoms. The lowest BCUT2D eigenvalue weighted by Gasteiger charge is -2.24. The lowest BCUT2D eigenvalue weighted by atomic mass is 9.93. The molecule has 0 N–H and O–H groups in total. The number of esters is 1. The first-order valence-electron chi connectivity index (χ1n) is 12.2. The van der Waals surface area contributed by atoms with Crippen LogP contribution in [0.2, 0.25) is 0 Å². The third-order valence-electron chi connectivity index (χ3n) is 5.88. The van der Waals surface area contributed by atoms with E-state index in [0.717, 1.165) is 29.9 Å². The highest BCUT2D eigenvalue weighted by molar-refractivity contribution is 8.03. The summed E-state index contributed by atoms with van der Waals surface area (Å²) in [6, 6.07) is 16.1. The van der Waals surface area contributed by atoms with Gasteiger partial charge < -0.3 is 18.9 Å². The van der Waals surface area contributed by atoms with Gasteiger partial charge in [0.05, 0.1) is 19.5 Å². The smallest absolute Gasteiger partial charge is 0.335 e. The van der Waals surface area contributed by atoms with Gasteiger partial charge >= 0.3 is 5.97 Å². The number of carbonyl (C=O) groups excluding carboxylic acids is 1. The van der Waals surface area contributed by atoms with Gasteiger partial charge in [-0.3, -0.25) is 0 Å². The number of rotatable bonds is 11. The maximum Gasteiger partial charge on any atom is 0.335 e. The van der Waals surface area contributed by atoms with Gasteiger partial charge in [0, 0.05) is 23.8 Å². The fourth-order valence-electron chi connectivity index (χ4n) is 4.25. The summed E-state index contributed by atoms with van der Waals surface area (Å²) < 4.78 is 22.5. The quantitative estimate of drug-likeness (QED) is 0.269. The van der Waals surface area contributed by atoms with Crippen LogP contribution in [-0.4, -0.2) is 37.1 Å². The molecule has 0 aliphatic carbocycles. The number of para-hydroxylation sites is 1. The molecule has 0 saturated carbocycles. The van der Waals surface area contributed by atoms with E-state index in [0.29, 0.717) is 31.5 Å². The lowest BCUT2D eigenvalue weighted by Crippen LogP contribution is -2.28. The van der Waals surface area contributed by atoms with E-state index in [1.807, 2.05) is 55.1 Å². The standard InChI is InChI=1S/C29H32O5S/c1-3-31-26(29(30)32-4-2)20-21-11-13-23(14-12-21)33-17-7-10-27-28-22(16-19-35-27)15-18-34-25-9-6-5-8-24(25)28/h5-6,8-9,11-16,18-19,26-27H,3-4,7,10,17,20H2,1-2H3. The van der Waals surface area contributed by atoms with Gasteiger partial charge in [-0.25, -0.2) is 4.79 Å². The highest BCUT2D eigenvalue weighted by atomic mass is 32.2. The molecule has 4 rings (SSSR count). The molecule has 2 aliphatic rings. The number of thioether (sulfide) groups is 1. The van der Waals surface area contributed by atoms with Gasteiger partial charge in [-0.2, -0.15) is 0 Å². The summed E-state index contributed by atoms with van der Waals surface area (Å²) >= 11 is 1.85. The van der Waals surface area contributed by atoms with Gasteiger partial charge in [0.25, 0.3) is 0 Å². The Morgan fingerprint density at radius 2 is 1.89 bits per heavy atom. The van der Waals surface area contributed by atoms with Crippen LogP contribution < -0.4 is 9.47 Å². The minimum absolute atomic E-state index is 0.318. The second-order valence-corrected chi connectivity index (χ2v) is 9.36. The molecule has 2 heterocycles. The molecule has 2 aromatic rings. The molecule has 0 saturated heterocycles. The molecule has 0 fully saturated rings. The van der Waals surface area contributed by atoms with Crippen LogP contribution in [0, 0.1) is 0 Å². The Labute approximate surface area is 211 Å². The lowest BCUT2D eigenvalue weighted by molar-refractivity contribution is -0.156. The maximum atomic E-state index is 12.1. The van der Waals surface area contributed by atoms with E-state index in [1.165, 1.54) is 16.7 Å². The Balaban J connectivity index is 1.30. The third kappa shape index (κ3) is 6.59. The Bertz CT molecular complexity index is 1090. The minimum Gasteiger partial charge on any atom is -0.494 e. The van der Waals surface area contributed by atoms with Crippen LogP contribution in [-0.2, 0) is 20.7 Å². The summed E-state index contributed by atoms with van der Waals surface area (Å²) in [4.78, 5) is 12.1. The Hall–Kier alpha value is -2.96. The van der Waals surface area contributed by atoms with Crippen molar-refractivity contribution in [2.24, 2.45) is 0 Å². The van der Waals surface area contributed by atoms with Crippen molar-refractivity contribution < 1.29 is 23.7 Å². The first-order valence-corrected chi connectivity index (χ1v) is 13.1. The number of ether oxygens (including phenoxy) is 4. The summed E-state index contributed by atoms with van der Waals surface area (Å²) in [5, 5.41) is 2.53. The SMILES string of the molecule is CCOC(=O)C(Cc1ccc(OCCCC2SC=CC3=C2c2ccccc2OC=C3)cc1)OCC. The van der Waals surface area contributed by atoms with E-state index >= 15 is 0 Å². The number of hydrogen-bond acceptors (Lipinski definition) is 6. The molecule has 0 radical (unpaired) electrons. The molecule has 0 bridgehead atoms. The average Bonchev–Trinajstić information content (AvgIpc) is 3.07. The molecule has 0 amide bonds. The Morgan fingerprint density at radius 3 is 2.69 bits per heavy atom. The highest BCUT2D eigenvalue weighted by Crippen LogP contribution is 2.43. The predicted octanol–water partition coefficient (Wildman–Crippen LogP) is 6.35. The fourth-order valence-corrected chi connectivity index (χ4v) is 5.37. The second-order valence-electron chi connectivity index (χ2n) is 8.25. The highest BCUT2D eigenvalue weighted by Gasteiger charge is 2.25. The van der Waals surface area contributed by atoms with E-state index in [9.17, 15) is 4.79 Å². The first-order chi connectivity index (χ1) is 17.2. The van der Waals surface area contributed by atoms with Crippen molar-refractivity contribution in [3.8, 4) is 11.5 Å². The molecule has 2 atom stereocenters. The molecular formula is C29H32O5S. The zero-order valence-electron chi connectivity index (χ0n) is 20.3. The van der Waals surface area contributed by atoms with Crippen LogP contribution in [0.15, 0.2) is 77.9 Å². The number of fused-ring (bicyclic) bond motifs is 2. The average molecular weight is 493 g/mol. The molecule has 5 nitrogen and oxygen atoms in total. The molecule has 2 unspecified atom stereocenters. The van der Waals surface area contributed by atoms with Crippen LogP contribution in [0.1, 0.15) is 37.8 Å². The summed E-state index contributed by atoms with van der Waals surface area (Å²) in [5.74, 6) is 1.41. The van der Waals surface area contributed by atoms with Gasteiger partial charge in [0.15, 0.2) is 6.10 Å². The molecule has 2 aromatic carbocycles. The first kappa shape index (κ1) is 25.1. The molecular weight excluding hydrogens is 460 g/mol. The summed E-state index contributed by atoms with van der Waals surface area (Å²) in [6.45, 7) is 5.13. The molecule has 2 aliphatic heterocycles. The normalized spacial score (nSPS) is 17.1. The van der Waals surface area contributed by atoms with Crippen molar-refractivity contribution in [3.05, 3.63) is 89.1 Å². The number of hydrogen-bond donors (Lipinski definition) is 0. The molecule has 184 valence electrons. The third-order valence-corrected chi connectivity index (χ3v) is 6.98. The van der Waals surface area contributed by atoms with E-state index in [-0.39, 0.29) is 5.97 Å². The second kappa shape index (κ2) is 12.7. The van der Waals surface area contributed by atoms with Crippen molar-refractivity contribution in [2.45, 2.75) is 44.5 Å². The maximum absolute atomic E-state index is 12.1. The summed E-state index contributed by atoms with van der Waals surface area (Å²) in [5.41, 5.74) is 4.72.